The van der Waals surface area contributed by atoms with Gasteiger partial charge in [-0.3, -0.25) is 4.72 Å². The van der Waals surface area contributed by atoms with Crippen LogP contribution in [0.5, 0.6) is 0 Å². The highest BCUT2D eigenvalue weighted by Gasteiger charge is 2.36. The van der Waals surface area contributed by atoms with E-state index in [2.05, 4.69) is 14.7 Å². The second-order valence-corrected chi connectivity index (χ2v) is 12.0. The van der Waals surface area contributed by atoms with Crippen molar-refractivity contribution in [2.45, 2.75) is 62.6 Å². The van der Waals surface area contributed by atoms with Crippen molar-refractivity contribution >= 4 is 21.7 Å². The number of halogens is 3. The van der Waals surface area contributed by atoms with E-state index in [9.17, 15) is 21.6 Å². The van der Waals surface area contributed by atoms with Gasteiger partial charge in [-0.05, 0) is 62.9 Å². The first-order valence-corrected chi connectivity index (χ1v) is 14.6. The van der Waals surface area contributed by atoms with Gasteiger partial charge in [-0.2, -0.15) is 21.6 Å². The number of aryl methyl sites for hydroxylation is 1. The predicted octanol–water partition coefficient (Wildman–Crippen LogP) is 5.65. The lowest BCUT2D eigenvalue weighted by Crippen LogP contribution is -2.36. The Kier molecular flexibility index (Phi) is 7.77. The van der Waals surface area contributed by atoms with Crippen LogP contribution in [0.25, 0.3) is 11.3 Å². The number of hydrogen-bond acceptors (Lipinski definition) is 7. The van der Waals surface area contributed by atoms with Crippen LogP contribution in [0.1, 0.15) is 44.2 Å². The second kappa shape index (κ2) is 11.0. The number of ether oxygens (including phenoxy) is 2. The van der Waals surface area contributed by atoms with Crippen LogP contribution >= 0.6 is 0 Å². The number of sulfonamides is 1. The van der Waals surface area contributed by atoms with Gasteiger partial charge in [-0.25, -0.2) is 9.97 Å². The van der Waals surface area contributed by atoms with Crippen molar-refractivity contribution in [2.24, 2.45) is 0 Å². The lowest BCUT2D eigenvalue weighted by Gasteiger charge is -2.27. The lowest BCUT2D eigenvalue weighted by atomic mass is 9.96. The molecule has 214 valence electrons. The van der Waals surface area contributed by atoms with Gasteiger partial charge >= 0.3 is 6.18 Å². The number of nitrogens with one attached hydrogen (secondary N) is 1. The highest BCUT2D eigenvalue weighted by molar-refractivity contribution is 7.92. The standard InChI is InChI=1S/C28H31F3N4O4S/c1-27(2)38-18-20(39-27)17-35-16-7-3-4-9-19-10-5-6-11-21(19)26-22(28(29,30)31)14-15-23(32-26)34-40(36,37)25-13-8-12-24(35)33-25/h5-6,8,10-15,20H,3-4,7,9,16-18H2,1-2H3,(H,32,34). The van der Waals surface area contributed by atoms with Gasteiger partial charge in [0.1, 0.15) is 17.7 Å². The average molecular weight is 577 g/mol. The van der Waals surface area contributed by atoms with Crippen molar-refractivity contribution < 1.29 is 31.1 Å². The Morgan fingerprint density at radius 3 is 2.58 bits per heavy atom. The van der Waals surface area contributed by atoms with Gasteiger partial charge in [-0.15, -0.1) is 0 Å². The first kappa shape index (κ1) is 28.3. The number of pyridine rings is 2. The summed E-state index contributed by atoms with van der Waals surface area (Å²) in [6, 6.07) is 13.3. The quantitative estimate of drug-likeness (QED) is 0.422. The smallest absolute Gasteiger partial charge is 0.354 e. The summed E-state index contributed by atoms with van der Waals surface area (Å²) in [5.41, 5.74) is -0.202. The van der Waals surface area contributed by atoms with E-state index in [1.54, 1.807) is 36.4 Å². The number of fused-ring (bicyclic) bond motifs is 6. The van der Waals surface area contributed by atoms with E-state index < -0.39 is 27.6 Å². The van der Waals surface area contributed by atoms with Gasteiger partial charge in [0.15, 0.2) is 10.8 Å². The summed E-state index contributed by atoms with van der Waals surface area (Å²) < 4.78 is 82.6. The van der Waals surface area contributed by atoms with Crippen molar-refractivity contribution in [3.05, 3.63) is 65.7 Å². The largest absolute Gasteiger partial charge is 0.418 e. The second-order valence-electron chi connectivity index (χ2n) is 10.4. The maximum absolute atomic E-state index is 14.0. The first-order chi connectivity index (χ1) is 18.9. The van der Waals surface area contributed by atoms with Gasteiger partial charge in [0.05, 0.1) is 17.9 Å². The van der Waals surface area contributed by atoms with Crippen LogP contribution in [0.2, 0.25) is 0 Å². The summed E-state index contributed by atoms with van der Waals surface area (Å²) in [7, 11) is -4.27. The lowest BCUT2D eigenvalue weighted by molar-refractivity contribution is -0.137. The Balaban J connectivity index is 1.55. The number of benzene rings is 1. The monoisotopic (exact) mass is 576 g/mol. The molecule has 1 aromatic carbocycles. The van der Waals surface area contributed by atoms with Gasteiger partial charge in [0.2, 0.25) is 0 Å². The van der Waals surface area contributed by atoms with Crippen molar-refractivity contribution in [2.75, 3.05) is 29.3 Å². The molecule has 1 N–H and O–H groups in total. The number of aromatic nitrogens is 2. The van der Waals surface area contributed by atoms with E-state index in [1.165, 1.54) is 6.07 Å². The van der Waals surface area contributed by atoms with Gasteiger partial charge in [0, 0.05) is 18.7 Å². The third-order valence-electron chi connectivity index (χ3n) is 6.89. The number of hydrogen-bond donors (Lipinski definition) is 1. The number of rotatable bonds is 2. The molecule has 1 saturated heterocycles. The molecule has 2 aliphatic heterocycles. The Bertz CT molecular complexity index is 1480. The van der Waals surface area contributed by atoms with Crippen LogP contribution in [-0.4, -0.2) is 50.0 Å². The summed E-state index contributed by atoms with van der Waals surface area (Å²) in [6.45, 7) is 5.14. The molecule has 4 heterocycles. The molecule has 8 nitrogen and oxygen atoms in total. The Hall–Kier alpha value is -3.22. The van der Waals surface area contributed by atoms with Gasteiger partial charge in [-0.1, -0.05) is 36.8 Å². The zero-order valence-corrected chi connectivity index (χ0v) is 23.1. The maximum atomic E-state index is 14.0. The molecule has 4 bridgehead atoms. The molecule has 40 heavy (non-hydrogen) atoms. The minimum Gasteiger partial charge on any atom is -0.354 e. The Morgan fingerprint density at radius 1 is 1.02 bits per heavy atom. The molecular formula is C28H31F3N4O4S. The van der Waals surface area contributed by atoms with E-state index in [4.69, 9.17) is 9.47 Å². The van der Waals surface area contributed by atoms with Crippen molar-refractivity contribution in [1.82, 2.24) is 9.97 Å². The summed E-state index contributed by atoms with van der Waals surface area (Å²) in [5.74, 6) is -0.476. The van der Waals surface area contributed by atoms with Crippen LogP contribution < -0.4 is 9.62 Å². The Morgan fingerprint density at radius 2 is 1.82 bits per heavy atom. The van der Waals surface area contributed by atoms with Crippen molar-refractivity contribution in [3.8, 4) is 11.3 Å². The molecule has 5 rings (SSSR count). The van der Waals surface area contributed by atoms with Gasteiger partial charge < -0.3 is 14.4 Å². The molecule has 1 atom stereocenters. The van der Waals surface area contributed by atoms with Crippen LogP contribution in [0, 0.1) is 0 Å². The van der Waals surface area contributed by atoms with Crippen LogP contribution in [0.15, 0.2) is 59.6 Å². The van der Waals surface area contributed by atoms with Crippen molar-refractivity contribution in [1.29, 1.82) is 0 Å². The van der Waals surface area contributed by atoms with E-state index in [0.29, 0.717) is 37.5 Å². The third-order valence-corrected chi connectivity index (χ3v) is 8.14. The number of nitrogens with zero attached hydrogens (tertiary/aromatic N) is 3. The van der Waals surface area contributed by atoms with E-state index >= 15 is 0 Å². The highest BCUT2D eigenvalue weighted by atomic mass is 32.2. The predicted molar refractivity (Wildman–Crippen MR) is 144 cm³/mol. The zero-order chi connectivity index (χ0) is 28.5. The molecule has 0 amide bonds. The van der Waals surface area contributed by atoms with Crippen LogP contribution in [0.4, 0.5) is 24.8 Å². The summed E-state index contributed by atoms with van der Waals surface area (Å²) in [5, 5.41) is -0.269. The fourth-order valence-corrected chi connectivity index (χ4v) is 6.00. The molecule has 0 radical (unpaired) electrons. The van der Waals surface area contributed by atoms with Crippen LogP contribution in [0.3, 0.4) is 0 Å². The molecule has 3 aromatic rings. The molecule has 12 heteroatoms. The summed E-state index contributed by atoms with van der Waals surface area (Å²) >= 11 is 0. The molecule has 0 aliphatic carbocycles. The third kappa shape index (κ3) is 6.39. The van der Waals surface area contributed by atoms with Crippen LogP contribution in [-0.2, 0) is 32.1 Å². The SMILES string of the molecule is CC1(C)OCC(CN2CCCCCc3ccccc3-c3nc(ccc3C(F)(F)F)NS(=O)(=O)c3cccc2n3)O1. The molecule has 1 unspecified atom stereocenters. The van der Waals surface area contributed by atoms with Crippen molar-refractivity contribution in [3.63, 3.8) is 0 Å². The van der Waals surface area contributed by atoms with E-state index in [1.807, 2.05) is 18.7 Å². The minimum absolute atomic E-state index is 0.220. The van der Waals surface area contributed by atoms with E-state index in [-0.39, 0.29) is 22.6 Å². The molecular weight excluding hydrogens is 545 g/mol. The Labute approximate surface area is 231 Å². The molecule has 0 saturated carbocycles. The summed E-state index contributed by atoms with van der Waals surface area (Å²) in [4.78, 5) is 10.6. The average Bonchev–Trinajstić information content (AvgIpc) is 3.24. The maximum Gasteiger partial charge on any atom is 0.418 e. The minimum atomic E-state index is -4.67. The first-order valence-electron chi connectivity index (χ1n) is 13.1. The molecule has 2 aliphatic rings. The van der Waals surface area contributed by atoms with Gasteiger partial charge in [0.25, 0.3) is 10.0 Å². The van der Waals surface area contributed by atoms with E-state index in [0.717, 1.165) is 37.0 Å². The fraction of sp³-hybridized carbons (Fsp3) is 0.429. The highest BCUT2D eigenvalue weighted by Crippen LogP contribution is 2.38. The zero-order valence-electron chi connectivity index (χ0n) is 22.2. The summed E-state index contributed by atoms with van der Waals surface area (Å²) in [6.07, 6.45) is -2.03. The fourth-order valence-electron chi connectivity index (χ4n) is 5.03. The normalized spacial score (nSPS) is 20.9. The number of anilines is 2. The molecule has 1 fully saturated rings. The topological polar surface area (TPSA) is 93.7 Å². The number of alkyl halides is 3. The molecule has 0 spiro atoms. The molecule has 2 aromatic heterocycles.